The first-order valence-corrected chi connectivity index (χ1v) is 3.84. The van der Waals surface area contributed by atoms with E-state index in [0.29, 0.717) is 6.10 Å². The second kappa shape index (κ2) is 3.89. The maximum absolute atomic E-state index is 5.49. The van der Waals surface area contributed by atoms with E-state index in [0.717, 1.165) is 13.0 Å². The molecule has 1 nitrogen and oxygen atoms in total. The van der Waals surface area contributed by atoms with E-state index in [1.54, 1.807) is 0 Å². The molecular formula is C8H15O. The molecule has 1 heteroatoms. The van der Waals surface area contributed by atoms with Gasteiger partial charge in [0.15, 0.2) is 0 Å². The highest BCUT2D eigenvalue weighted by molar-refractivity contribution is 4.66. The zero-order chi connectivity index (χ0) is 6.53. The lowest BCUT2D eigenvalue weighted by Crippen LogP contribution is -2.07. The number of rotatable bonds is 3. The minimum atomic E-state index is 0.576. The smallest absolute Gasteiger partial charge is 0.0575 e. The van der Waals surface area contributed by atoms with E-state index in [4.69, 9.17) is 4.74 Å². The van der Waals surface area contributed by atoms with Crippen LogP contribution in [-0.2, 0) is 4.74 Å². The standard InChI is InChI=1S/C8H15O/c1-2-7-9-8-5-3-4-6-8/h8H,1-7H2. The number of hydrogen-bond donors (Lipinski definition) is 0. The van der Waals surface area contributed by atoms with Gasteiger partial charge in [0.1, 0.15) is 0 Å². The molecule has 0 amide bonds. The lowest BCUT2D eigenvalue weighted by atomic mass is 10.3. The van der Waals surface area contributed by atoms with E-state index in [9.17, 15) is 0 Å². The Kier molecular flexibility index (Phi) is 3.05. The molecule has 1 fully saturated rings. The van der Waals surface area contributed by atoms with Gasteiger partial charge in [0.25, 0.3) is 0 Å². The van der Waals surface area contributed by atoms with Crippen LogP contribution in [0, 0.1) is 6.92 Å². The third kappa shape index (κ3) is 2.35. The van der Waals surface area contributed by atoms with Gasteiger partial charge in [0.05, 0.1) is 6.10 Å². The SMILES string of the molecule is [CH2]CCOC1CCCC1. The summed E-state index contributed by atoms with van der Waals surface area (Å²) in [6.07, 6.45) is 6.77. The van der Waals surface area contributed by atoms with E-state index in [-0.39, 0.29) is 0 Å². The van der Waals surface area contributed by atoms with Crippen molar-refractivity contribution in [2.24, 2.45) is 0 Å². The lowest BCUT2D eigenvalue weighted by molar-refractivity contribution is 0.0615. The summed E-state index contributed by atoms with van der Waals surface area (Å²) in [6.45, 7) is 4.57. The topological polar surface area (TPSA) is 9.23 Å². The van der Waals surface area contributed by atoms with Crippen molar-refractivity contribution in [1.29, 1.82) is 0 Å². The highest BCUT2D eigenvalue weighted by atomic mass is 16.5. The molecule has 0 spiro atoms. The van der Waals surface area contributed by atoms with Crippen LogP contribution in [0.5, 0.6) is 0 Å². The van der Waals surface area contributed by atoms with Crippen molar-refractivity contribution in [2.75, 3.05) is 6.61 Å². The highest BCUT2D eigenvalue weighted by Crippen LogP contribution is 2.20. The summed E-state index contributed by atoms with van der Waals surface area (Å²) in [4.78, 5) is 0. The summed E-state index contributed by atoms with van der Waals surface area (Å²) in [5, 5.41) is 0. The van der Waals surface area contributed by atoms with Crippen molar-refractivity contribution in [3.8, 4) is 0 Å². The Balaban J connectivity index is 1.98. The van der Waals surface area contributed by atoms with Crippen LogP contribution in [0.1, 0.15) is 32.1 Å². The fourth-order valence-corrected chi connectivity index (χ4v) is 1.31. The van der Waals surface area contributed by atoms with Crippen molar-refractivity contribution >= 4 is 0 Å². The first kappa shape index (κ1) is 7.07. The molecule has 0 N–H and O–H groups in total. The fraction of sp³-hybridized carbons (Fsp3) is 0.875. The molecule has 1 radical (unpaired) electrons. The van der Waals surface area contributed by atoms with Crippen LogP contribution in [0.3, 0.4) is 0 Å². The van der Waals surface area contributed by atoms with Crippen molar-refractivity contribution in [3.63, 3.8) is 0 Å². The largest absolute Gasteiger partial charge is 0.378 e. The average Bonchev–Trinajstić information content (AvgIpc) is 2.34. The molecule has 0 bridgehead atoms. The number of hydrogen-bond acceptors (Lipinski definition) is 1. The Morgan fingerprint density at radius 3 is 2.56 bits per heavy atom. The molecule has 0 saturated heterocycles. The average molecular weight is 127 g/mol. The molecule has 0 unspecified atom stereocenters. The Hall–Kier alpha value is -0.0400. The van der Waals surface area contributed by atoms with Gasteiger partial charge < -0.3 is 4.74 Å². The van der Waals surface area contributed by atoms with Crippen LogP contribution < -0.4 is 0 Å². The predicted octanol–water partition coefficient (Wildman–Crippen LogP) is 2.17. The van der Waals surface area contributed by atoms with Gasteiger partial charge in [-0.2, -0.15) is 0 Å². The maximum Gasteiger partial charge on any atom is 0.0575 e. The Morgan fingerprint density at radius 1 is 1.33 bits per heavy atom. The molecule has 1 saturated carbocycles. The monoisotopic (exact) mass is 127 g/mol. The third-order valence-electron chi connectivity index (χ3n) is 1.80. The molecule has 1 rings (SSSR count). The van der Waals surface area contributed by atoms with E-state index >= 15 is 0 Å². The second-order valence-corrected chi connectivity index (χ2v) is 2.63. The molecule has 1 aliphatic carbocycles. The van der Waals surface area contributed by atoms with Gasteiger partial charge in [-0.05, 0) is 19.3 Å². The van der Waals surface area contributed by atoms with Crippen molar-refractivity contribution in [3.05, 3.63) is 6.92 Å². The quantitative estimate of drug-likeness (QED) is 0.564. The molecule has 0 heterocycles. The zero-order valence-corrected chi connectivity index (χ0v) is 5.94. The molecule has 0 atom stereocenters. The lowest BCUT2D eigenvalue weighted by Gasteiger charge is -2.08. The molecule has 0 aromatic rings. The summed E-state index contributed by atoms with van der Waals surface area (Å²) < 4.78 is 5.49. The Bertz CT molecular complexity index is 65.0. The summed E-state index contributed by atoms with van der Waals surface area (Å²) in [7, 11) is 0. The molecule has 9 heavy (non-hydrogen) atoms. The third-order valence-corrected chi connectivity index (χ3v) is 1.80. The van der Waals surface area contributed by atoms with Gasteiger partial charge in [-0.15, -0.1) is 0 Å². The first-order valence-electron chi connectivity index (χ1n) is 3.84. The Labute approximate surface area is 57.4 Å². The van der Waals surface area contributed by atoms with Gasteiger partial charge in [-0.25, -0.2) is 0 Å². The van der Waals surface area contributed by atoms with Gasteiger partial charge in [0, 0.05) is 6.61 Å². The summed E-state index contributed by atoms with van der Waals surface area (Å²) >= 11 is 0. The van der Waals surface area contributed by atoms with E-state index in [1.165, 1.54) is 25.7 Å². The fourth-order valence-electron chi connectivity index (χ4n) is 1.31. The maximum atomic E-state index is 5.49. The molecular weight excluding hydrogens is 112 g/mol. The van der Waals surface area contributed by atoms with Crippen LogP contribution in [0.25, 0.3) is 0 Å². The van der Waals surface area contributed by atoms with Gasteiger partial charge in [0.2, 0.25) is 0 Å². The first-order chi connectivity index (χ1) is 4.43. The highest BCUT2D eigenvalue weighted by Gasteiger charge is 2.13. The van der Waals surface area contributed by atoms with E-state index < -0.39 is 0 Å². The van der Waals surface area contributed by atoms with Gasteiger partial charge >= 0.3 is 0 Å². The van der Waals surface area contributed by atoms with Crippen LogP contribution in [0.15, 0.2) is 0 Å². The van der Waals surface area contributed by atoms with Crippen LogP contribution in [0.2, 0.25) is 0 Å². The molecule has 1 aliphatic rings. The second-order valence-electron chi connectivity index (χ2n) is 2.63. The predicted molar refractivity (Wildman–Crippen MR) is 38.2 cm³/mol. The van der Waals surface area contributed by atoms with Crippen LogP contribution >= 0.6 is 0 Å². The van der Waals surface area contributed by atoms with E-state index in [1.807, 2.05) is 0 Å². The zero-order valence-electron chi connectivity index (χ0n) is 5.94. The minimum absolute atomic E-state index is 0.576. The minimum Gasteiger partial charge on any atom is -0.378 e. The number of ether oxygens (including phenoxy) is 1. The van der Waals surface area contributed by atoms with E-state index in [2.05, 4.69) is 6.92 Å². The van der Waals surface area contributed by atoms with Crippen LogP contribution in [0.4, 0.5) is 0 Å². The normalized spacial score (nSPS) is 21.0. The molecule has 53 valence electrons. The van der Waals surface area contributed by atoms with Gasteiger partial charge in [-0.3, -0.25) is 0 Å². The Morgan fingerprint density at radius 2 is 2.00 bits per heavy atom. The van der Waals surface area contributed by atoms with Crippen molar-refractivity contribution in [2.45, 2.75) is 38.2 Å². The van der Waals surface area contributed by atoms with Crippen molar-refractivity contribution < 1.29 is 4.74 Å². The molecule has 0 aromatic carbocycles. The summed E-state index contributed by atoms with van der Waals surface area (Å²) in [5.41, 5.74) is 0. The summed E-state index contributed by atoms with van der Waals surface area (Å²) in [6, 6.07) is 0. The summed E-state index contributed by atoms with van der Waals surface area (Å²) in [5.74, 6) is 0. The molecule has 0 aromatic heterocycles. The van der Waals surface area contributed by atoms with Gasteiger partial charge in [-0.1, -0.05) is 19.8 Å². The molecule has 0 aliphatic heterocycles. The van der Waals surface area contributed by atoms with Crippen LogP contribution in [-0.4, -0.2) is 12.7 Å². The van der Waals surface area contributed by atoms with Crippen molar-refractivity contribution in [1.82, 2.24) is 0 Å².